The summed E-state index contributed by atoms with van der Waals surface area (Å²) in [6, 6.07) is 6.35. The van der Waals surface area contributed by atoms with Gasteiger partial charge in [-0.25, -0.2) is 13.8 Å². The third-order valence-electron chi connectivity index (χ3n) is 2.13. The quantitative estimate of drug-likeness (QED) is 0.828. The number of hydrogen-bond donors (Lipinski definition) is 1. The molecule has 0 fully saturated rings. The second-order valence-electron chi connectivity index (χ2n) is 3.40. The first-order chi connectivity index (χ1) is 8.60. The molecular formula is C12H7F2N3O. The van der Waals surface area contributed by atoms with E-state index in [0.717, 1.165) is 12.1 Å². The summed E-state index contributed by atoms with van der Waals surface area (Å²) >= 11 is 0. The lowest BCUT2D eigenvalue weighted by Gasteiger charge is -2.07. The predicted molar refractivity (Wildman–Crippen MR) is 59.8 cm³/mol. The van der Waals surface area contributed by atoms with Gasteiger partial charge in [-0.05, 0) is 12.1 Å². The van der Waals surface area contributed by atoms with E-state index in [2.05, 4.69) is 4.98 Å². The molecule has 0 saturated heterocycles. The molecule has 1 heterocycles. The zero-order valence-electron chi connectivity index (χ0n) is 9.02. The Morgan fingerprint density at radius 2 is 2.00 bits per heavy atom. The number of hydrogen-bond acceptors (Lipinski definition) is 4. The van der Waals surface area contributed by atoms with E-state index in [1.165, 1.54) is 18.3 Å². The van der Waals surface area contributed by atoms with Crippen LogP contribution in [0.1, 0.15) is 5.69 Å². The average molecular weight is 247 g/mol. The van der Waals surface area contributed by atoms with Crippen molar-refractivity contribution in [3.63, 3.8) is 0 Å². The second kappa shape index (κ2) is 4.67. The van der Waals surface area contributed by atoms with Crippen molar-refractivity contribution in [1.82, 2.24) is 4.98 Å². The van der Waals surface area contributed by atoms with Crippen LogP contribution >= 0.6 is 0 Å². The number of halogens is 2. The molecule has 0 aliphatic rings. The van der Waals surface area contributed by atoms with E-state index in [9.17, 15) is 8.78 Å². The molecule has 0 atom stereocenters. The number of nitrogen functional groups attached to an aromatic ring is 1. The van der Waals surface area contributed by atoms with Crippen LogP contribution in [0.4, 0.5) is 14.5 Å². The van der Waals surface area contributed by atoms with Gasteiger partial charge in [0.15, 0.2) is 11.6 Å². The second-order valence-corrected chi connectivity index (χ2v) is 3.40. The van der Waals surface area contributed by atoms with Gasteiger partial charge in [-0.2, -0.15) is 5.26 Å². The minimum Gasteiger partial charge on any atom is -0.453 e. The fraction of sp³-hybridized carbons (Fsp3) is 0. The van der Waals surface area contributed by atoms with E-state index < -0.39 is 11.6 Å². The fourth-order valence-electron chi connectivity index (χ4n) is 1.26. The number of nitrogens with zero attached hydrogens (tertiary/aromatic N) is 2. The Hall–Kier alpha value is -2.68. The van der Waals surface area contributed by atoms with Crippen LogP contribution < -0.4 is 10.5 Å². The summed E-state index contributed by atoms with van der Waals surface area (Å²) in [6.45, 7) is 0. The van der Waals surface area contributed by atoms with Gasteiger partial charge >= 0.3 is 0 Å². The van der Waals surface area contributed by atoms with Crippen molar-refractivity contribution in [2.45, 2.75) is 0 Å². The molecule has 2 N–H and O–H groups in total. The molecule has 0 radical (unpaired) electrons. The van der Waals surface area contributed by atoms with Crippen molar-refractivity contribution < 1.29 is 13.5 Å². The molecule has 0 aliphatic carbocycles. The highest BCUT2D eigenvalue weighted by molar-refractivity contribution is 5.45. The van der Waals surface area contributed by atoms with Crippen molar-refractivity contribution in [3.8, 4) is 17.6 Å². The Kier molecular flexibility index (Phi) is 3.06. The van der Waals surface area contributed by atoms with E-state index >= 15 is 0 Å². The molecule has 1 aromatic heterocycles. The number of nitriles is 1. The minimum absolute atomic E-state index is 0.192. The predicted octanol–water partition coefficient (Wildman–Crippen LogP) is 2.61. The molecule has 2 rings (SSSR count). The Balaban J connectivity index is 2.28. The first-order valence-corrected chi connectivity index (χ1v) is 4.88. The van der Waals surface area contributed by atoms with Gasteiger partial charge in [-0.3, -0.25) is 0 Å². The van der Waals surface area contributed by atoms with Crippen molar-refractivity contribution in [2.24, 2.45) is 0 Å². The number of aromatic nitrogens is 1. The highest BCUT2D eigenvalue weighted by Gasteiger charge is 2.10. The topological polar surface area (TPSA) is 71.9 Å². The lowest BCUT2D eigenvalue weighted by atomic mass is 10.3. The van der Waals surface area contributed by atoms with Gasteiger partial charge in [0.25, 0.3) is 0 Å². The van der Waals surface area contributed by atoms with Gasteiger partial charge < -0.3 is 10.5 Å². The zero-order valence-corrected chi connectivity index (χ0v) is 9.02. The van der Waals surface area contributed by atoms with Crippen molar-refractivity contribution in [2.75, 3.05) is 5.73 Å². The van der Waals surface area contributed by atoms with Crippen LogP contribution in [0.3, 0.4) is 0 Å². The average Bonchev–Trinajstić information content (AvgIpc) is 2.37. The maximum Gasteiger partial charge on any atom is 0.167 e. The molecule has 6 heteroatoms. The summed E-state index contributed by atoms with van der Waals surface area (Å²) in [5.41, 5.74) is 5.11. The van der Waals surface area contributed by atoms with E-state index in [0.29, 0.717) is 0 Å². The Bertz CT molecular complexity index is 620. The number of nitrogens with two attached hydrogens (primary N) is 1. The van der Waals surface area contributed by atoms with E-state index in [1.807, 2.05) is 6.07 Å². The van der Waals surface area contributed by atoms with Gasteiger partial charge in [0.05, 0.1) is 11.9 Å². The number of ether oxygens (including phenoxy) is 1. The molecule has 0 aliphatic heterocycles. The summed E-state index contributed by atoms with van der Waals surface area (Å²) in [6.07, 6.45) is 1.24. The smallest absolute Gasteiger partial charge is 0.167 e. The third kappa shape index (κ3) is 2.35. The molecule has 0 saturated carbocycles. The maximum atomic E-state index is 13.4. The molecule has 0 amide bonds. The van der Waals surface area contributed by atoms with Crippen LogP contribution in [-0.4, -0.2) is 4.98 Å². The van der Waals surface area contributed by atoms with E-state index in [1.54, 1.807) is 0 Å². The van der Waals surface area contributed by atoms with Gasteiger partial charge in [-0.15, -0.1) is 0 Å². The molecule has 4 nitrogen and oxygen atoms in total. The monoisotopic (exact) mass is 247 g/mol. The number of benzene rings is 1. The standard InChI is InChI=1S/C12H7F2N3O/c13-9-4-12(10(14)3-11(9)16)18-8-2-1-7(5-15)17-6-8/h1-4,6H,16H2. The van der Waals surface area contributed by atoms with E-state index in [-0.39, 0.29) is 22.9 Å². The largest absolute Gasteiger partial charge is 0.453 e. The first kappa shape index (κ1) is 11.8. The van der Waals surface area contributed by atoms with Gasteiger partial charge in [0.2, 0.25) is 0 Å². The molecule has 0 bridgehead atoms. The van der Waals surface area contributed by atoms with Gasteiger partial charge in [-0.1, -0.05) is 0 Å². The normalized spacial score (nSPS) is 9.83. The van der Waals surface area contributed by atoms with Crippen molar-refractivity contribution in [3.05, 3.63) is 47.8 Å². The van der Waals surface area contributed by atoms with Crippen LogP contribution in [0.15, 0.2) is 30.5 Å². The zero-order chi connectivity index (χ0) is 13.1. The minimum atomic E-state index is -0.779. The lowest BCUT2D eigenvalue weighted by molar-refractivity contribution is 0.435. The molecule has 1 aromatic carbocycles. The van der Waals surface area contributed by atoms with Gasteiger partial charge in [0.1, 0.15) is 23.3 Å². The van der Waals surface area contributed by atoms with Crippen molar-refractivity contribution >= 4 is 5.69 Å². The molecule has 18 heavy (non-hydrogen) atoms. The Labute approximate surface area is 101 Å². The summed E-state index contributed by atoms with van der Waals surface area (Å²) < 4.78 is 31.7. The summed E-state index contributed by atoms with van der Waals surface area (Å²) in [5.74, 6) is -1.66. The van der Waals surface area contributed by atoms with Gasteiger partial charge in [0, 0.05) is 12.1 Å². The lowest BCUT2D eigenvalue weighted by Crippen LogP contribution is -1.96. The number of anilines is 1. The molecule has 90 valence electrons. The number of rotatable bonds is 2. The van der Waals surface area contributed by atoms with Crippen LogP contribution in [0.25, 0.3) is 0 Å². The highest BCUT2D eigenvalue weighted by Crippen LogP contribution is 2.27. The molecule has 0 unspecified atom stereocenters. The maximum absolute atomic E-state index is 13.4. The molecule has 2 aromatic rings. The summed E-state index contributed by atoms with van der Waals surface area (Å²) in [5, 5.41) is 8.55. The van der Waals surface area contributed by atoms with Crippen molar-refractivity contribution in [1.29, 1.82) is 5.26 Å². The Morgan fingerprint density at radius 3 is 2.61 bits per heavy atom. The SMILES string of the molecule is N#Cc1ccc(Oc2cc(F)c(N)cc2F)cn1. The van der Waals surface area contributed by atoms with Crippen LogP contribution in [0.5, 0.6) is 11.5 Å². The van der Waals surface area contributed by atoms with Crippen LogP contribution in [0, 0.1) is 23.0 Å². The number of pyridine rings is 1. The van der Waals surface area contributed by atoms with E-state index in [4.69, 9.17) is 15.7 Å². The third-order valence-corrected chi connectivity index (χ3v) is 2.13. The molecule has 0 spiro atoms. The summed E-state index contributed by atoms with van der Waals surface area (Å²) in [7, 11) is 0. The first-order valence-electron chi connectivity index (χ1n) is 4.88. The summed E-state index contributed by atoms with van der Waals surface area (Å²) in [4.78, 5) is 3.74. The van der Waals surface area contributed by atoms with Crippen LogP contribution in [0.2, 0.25) is 0 Å². The molecular weight excluding hydrogens is 240 g/mol. The Morgan fingerprint density at radius 1 is 1.22 bits per heavy atom. The fourth-order valence-corrected chi connectivity index (χ4v) is 1.26. The highest BCUT2D eigenvalue weighted by atomic mass is 19.1. The van der Waals surface area contributed by atoms with Crippen LogP contribution in [-0.2, 0) is 0 Å².